The van der Waals surface area contributed by atoms with Crippen molar-refractivity contribution in [1.82, 2.24) is 25.6 Å². The van der Waals surface area contributed by atoms with Crippen LogP contribution in [0.3, 0.4) is 0 Å². The van der Waals surface area contributed by atoms with Gasteiger partial charge in [0.1, 0.15) is 23.1 Å². The van der Waals surface area contributed by atoms with Crippen molar-refractivity contribution in [3.63, 3.8) is 0 Å². The average Bonchev–Trinajstić information content (AvgIpc) is 3.63. The molecule has 2 aromatic rings. The lowest BCUT2D eigenvalue weighted by molar-refractivity contribution is -0.124. The fourth-order valence-electron chi connectivity index (χ4n) is 4.12. The van der Waals surface area contributed by atoms with Gasteiger partial charge >= 0.3 is 0 Å². The van der Waals surface area contributed by atoms with E-state index in [9.17, 15) is 19.5 Å². The highest BCUT2D eigenvalue weighted by atomic mass is 35.5. The maximum atomic E-state index is 12.8. The third kappa shape index (κ3) is 5.34. The van der Waals surface area contributed by atoms with Crippen LogP contribution in [0.15, 0.2) is 31.0 Å². The van der Waals surface area contributed by atoms with E-state index < -0.39 is 17.4 Å². The van der Waals surface area contributed by atoms with E-state index in [1.807, 2.05) is 0 Å². The van der Waals surface area contributed by atoms with Crippen molar-refractivity contribution < 1.29 is 19.5 Å². The summed E-state index contributed by atoms with van der Waals surface area (Å²) in [6, 6.07) is 1.65. The molecule has 0 radical (unpaired) electrons. The minimum atomic E-state index is -1.13. The van der Waals surface area contributed by atoms with Crippen LogP contribution in [0.2, 0.25) is 5.15 Å². The van der Waals surface area contributed by atoms with Crippen LogP contribution in [0.25, 0.3) is 0 Å². The van der Waals surface area contributed by atoms with Crippen LogP contribution in [0.1, 0.15) is 53.3 Å². The van der Waals surface area contributed by atoms with Gasteiger partial charge in [-0.1, -0.05) is 11.6 Å². The Labute approximate surface area is 202 Å². The molecule has 0 aromatic carbocycles. The monoisotopic (exact) mass is 486 g/mol. The van der Waals surface area contributed by atoms with Gasteiger partial charge in [-0.2, -0.15) is 0 Å². The summed E-state index contributed by atoms with van der Waals surface area (Å²) in [6.07, 6.45) is 7.27. The van der Waals surface area contributed by atoms with E-state index in [1.54, 1.807) is 6.07 Å². The Morgan fingerprint density at radius 3 is 2.50 bits per heavy atom. The Hall–Kier alpha value is -3.11. The lowest BCUT2D eigenvalue weighted by atomic mass is 9.95. The first-order valence-corrected chi connectivity index (χ1v) is 11.7. The number of piperidine rings is 1. The highest BCUT2D eigenvalue weighted by Gasteiger charge is 2.51. The number of carbonyl (C=O) groups is 3. The Morgan fingerprint density at radius 1 is 1.21 bits per heavy atom. The molecule has 2 aromatic heterocycles. The van der Waals surface area contributed by atoms with Gasteiger partial charge in [-0.25, -0.2) is 15.0 Å². The SMILES string of the molecule is CC(O)C(=O)c1cnc(Cl)cc1N1CCC(CNC(=O)C2(NC(=O)c3cncnc3)CC2)CC1. The van der Waals surface area contributed by atoms with Crippen LogP contribution < -0.4 is 15.5 Å². The molecule has 3 heterocycles. The molecule has 10 nitrogen and oxygen atoms in total. The topological polar surface area (TPSA) is 137 Å². The van der Waals surface area contributed by atoms with Crippen molar-refractivity contribution in [2.24, 2.45) is 5.92 Å². The maximum absolute atomic E-state index is 12.8. The second kappa shape index (κ2) is 10.0. The molecule has 180 valence electrons. The maximum Gasteiger partial charge on any atom is 0.255 e. The number of pyridine rings is 1. The highest BCUT2D eigenvalue weighted by molar-refractivity contribution is 6.29. The molecule has 2 aliphatic rings. The van der Waals surface area contributed by atoms with Gasteiger partial charge in [-0.15, -0.1) is 0 Å². The van der Waals surface area contributed by atoms with E-state index in [0.717, 1.165) is 12.8 Å². The van der Waals surface area contributed by atoms with E-state index >= 15 is 0 Å². The molecule has 1 unspecified atom stereocenters. The summed E-state index contributed by atoms with van der Waals surface area (Å²) in [5, 5.41) is 15.8. The molecule has 1 saturated heterocycles. The number of halogens is 1. The molecule has 11 heteroatoms. The molecular formula is C23H27ClN6O4. The zero-order chi connectivity index (χ0) is 24.3. The normalized spacial score (nSPS) is 18.1. The van der Waals surface area contributed by atoms with Crippen molar-refractivity contribution in [2.45, 2.75) is 44.2 Å². The number of hydrogen-bond donors (Lipinski definition) is 3. The van der Waals surface area contributed by atoms with E-state index in [0.29, 0.717) is 49.3 Å². The van der Waals surface area contributed by atoms with Crippen LogP contribution in [0, 0.1) is 5.92 Å². The summed E-state index contributed by atoms with van der Waals surface area (Å²) in [5.74, 6) is -0.666. The molecule has 34 heavy (non-hydrogen) atoms. The zero-order valence-electron chi connectivity index (χ0n) is 18.8. The largest absolute Gasteiger partial charge is 0.385 e. The summed E-state index contributed by atoms with van der Waals surface area (Å²) in [7, 11) is 0. The minimum Gasteiger partial charge on any atom is -0.385 e. The van der Waals surface area contributed by atoms with Gasteiger partial charge in [0.05, 0.1) is 16.8 Å². The first kappa shape index (κ1) is 24.0. The van der Waals surface area contributed by atoms with E-state index in [-0.39, 0.29) is 22.9 Å². The number of aliphatic hydroxyl groups excluding tert-OH is 1. The van der Waals surface area contributed by atoms with Gasteiger partial charge in [-0.05, 0) is 44.6 Å². The van der Waals surface area contributed by atoms with Gasteiger partial charge < -0.3 is 20.6 Å². The smallest absolute Gasteiger partial charge is 0.255 e. The predicted molar refractivity (Wildman–Crippen MR) is 125 cm³/mol. The van der Waals surface area contributed by atoms with Crippen LogP contribution in [-0.2, 0) is 4.79 Å². The molecule has 1 aliphatic carbocycles. The van der Waals surface area contributed by atoms with Crippen molar-refractivity contribution in [1.29, 1.82) is 0 Å². The number of rotatable bonds is 8. The molecule has 3 N–H and O–H groups in total. The molecular weight excluding hydrogens is 460 g/mol. The molecule has 0 bridgehead atoms. The molecule has 1 saturated carbocycles. The first-order chi connectivity index (χ1) is 16.3. The van der Waals surface area contributed by atoms with Crippen LogP contribution in [0.5, 0.6) is 0 Å². The second-order valence-corrected chi connectivity index (χ2v) is 9.26. The average molecular weight is 487 g/mol. The number of amides is 2. The standard InChI is InChI=1S/C23H27ClN6O4/c1-14(31)20(32)17-12-27-19(24)8-18(17)30-6-2-15(3-7-30)9-28-22(34)23(4-5-23)29-21(33)16-10-25-13-26-11-16/h8,10-15,31H,2-7,9H2,1H3,(H,28,34)(H,29,33). The number of Topliss-reactive ketones (excluding diaryl/α,β-unsaturated/α-hetero) is 1. The number of nitrogens with zero attached hydrogens (tertiary/aromatic N) is 4. The fourth-order valence-corrected chi connectivity index (χ4v) is 4.27. The van der Waals surface area contributed by atoms with Gasteiger partial charge in [0, 0.05) is 38.2 Å². The van der Waals surface area contributed by atoms with Gasteiger partial charge in [0.25, 0.3) is 5.91 Å². The molecule has 4 rings (SSSR count). The Balaban J connectivity index is 1.30. The van der Waals surface area contributed by atoms with Gasteiger partial charge in [0.15, 0.2) is 5.78 Å². The third-order valence-electron chi connectivity index (χ3n) is 6.36. The minimum absolute atomic E-state index is 0.175. The second-order valence-electron chi connectivity index (χ2n) is 8.87. The molecule has 2 fully saturated rings. The number of ketones is 1. The third-order valence-corrected chi connectivity index (χ3v) is 6.57. The summed E-state index contributed by atoms with van der Waals surface area (Å²) < 4.78 is 0. The molecule has 1 atom stereocenters. The number of anilines is 1. The Kier molecular flexibility index (Phi) is 7.08. The molecule has 1 aliphatic heterocycles. The van der Waals surface area contributed by atoms with Crippen LogP contribution in [0.4, 0.5) is 5.69 Å². The van der Waals surface area contributed by atoms with E-state index in [1.165, 1.54) is 31.8 Å². The quantitative estimate of drug-likeness (QED) is 0.376. The number of nitrogens with one attached hydrogen (secondary N) is 2. The summed E-state index contributed by atoms with van der Waals surface area (Å²) >= 11 is 6.06. The van der Waals surface area contributed by atoms with Gasteiger partial charge in [0.2, 0.25) is 5.91 Å². The lowest BCUT2D eigenvalue weighted by Crippen LogP contribution is -2.50. The van der Waals surface area contributed by atoms with Crippen molar-refractivity contribution in [2.75, 3.05) is 24.5 Å². The van der Waals surface area contributed by atoms with Crippen LogP contribution >= 0.6 is 11.6 Å². The van der Waals surface area contributed by atoms with E-state index in [4.69, 9.17) is 11.6 Å². The lowest BCUT2D eigenvalue weighted by Gasteiger charge is -2.35. The zero-order valence-corrected chi connectivity index (χ0v) is 19.6. The van der Waals surface area contributed by atoms with Crippen LogP contribution in [-0.4, -0.2) is 68.9 Å². The van der Waals surface area contributed by atoms with E-state index in [2.05, 4.69) is 30.5 Å². The molecule has 2 amide bonds. The number of hydrogen-bond acceptors (Lipinski definition) is 8. The highest BCUT2D eigenvalue weighted by Crippen LogP contribution is 2.36. The number of aromatic nitrogens is 3. The number of carbonyl (C=O) groups excluding carboxylic acids is 3. The number of aliphatic hydroxyl groups is 1. The molecule has 0 spiro atoms. The summed E-state index contributed by atoms with van der Waals surface area (Å²) in [5.41, 5.74) is 0.468. The predicted octanol–water partition coefficient (Wildman–Crippen LogP) is 1.38. The summed E-state index contributed by atoms with van der Waals surface area (Å²) in [4.78, 5) is 51.3. The first-order valence-electron chi connectivity index (χ1n) is 11.3. The Bertz CT molecular complexity index is 1070. The fraction of sp³-hybridized carbons (Fsp3) is 0.478. The van der Waals surface area contributed by atoms with Crippen molar-refractivity contribution in [3.05, 3.63) is 47.3 Å². The summed E-state index contributed by atoms with van der Waals surface area (Å²) in [6.45, 7) is 3.29. The van der Waals surface area contributed by atoms with Crippen molar-refractivity contribution >= 4 is 34.9 Å². The van der Waals surface area contributed by atoms with Crippen molar-refractivity contribution in [3.8, 4) is 0 Å². The van der Waals surface area contributed by atoms with Gasteiger partial charge in [-0.3, -0.25) is 14.4 Å². The Morgan fingerprint density at radius 2 is 1.88 bits per heavy atom.